The molecule has 236 valence electrons. The van der Waals surface area contributed by atoms with E-state index in [9.17, 15) is 0 Å². The molecule has 4 radical (unpaired) electrons. The van der Waals surface area contributed by atoms with Crippen molar-refractivity contribution in [2.75, 3.05) is 41.1 Å². The molecule has 0 amide bonds. The zero-order chi connectivity index (χ0) is 29.6. The fourth-order valence-corrected chi connectivity index (χ4v) is 35.3. The van der Waals surface area contributed by atoms with Crippen molar-refractivity contribution in [3.63, 3.8) is 0 Å². The second-order valence-corrected chi connectivity index (χ2v) is 34.3. The number of rotatable bonds is 8. The molecule has 7 aliphatic heterocycles. The normalized spacial score (nSPS) is 42.3. The second-order valence-electron chi connectivity index (χ2n) is 10.6. The van der Waals surface area contributed by atoms with Crippen molar-refractivity contribution < 1.29 is 14.2 Å². The van der Waals surface area contributed by atoms with Gasteiger partial charge >= 0.3 is 307 Å². The number of hydrogen-bond donors (Lipinski definition) is 0. The van der Waals surface area contributed by atoms with Gasteiger partial charge in [-0.1, -0.05) is 0 Å². The van der Waals surface area contributed by atoms with Gasteiger partial charge in [0.05, 0.1) is 12.7 Å². The molecule has 2 spiro atoms. The molecule has 0 aromatic carbocycles. The van der Waals surface area contributed by atoms with Crippen molar-refractivity contribution >= 4 is 191 Å². The quantitative estimate of drug-likeness (QED) is 0.132. The third-order valence-corrected chi connectivity index (χ3v) is 36.2. The summed E-state index contributed by atoms with van der Waals surface area (Å²) in [6.45, 7) is 7.47. The third-order valence-electron chi connectivity index (χ3n) is 6.50. The first-order valence-electron chi connectivity index (χ1n) is 14.1. The van der Waals surface area contributed by atoms with Crippen molar-refractivity contribution in [1.29, 1.82) is 0 Å². The fraction of sp³-hybridized carbons (Fsp3) is 0.920. The molecule has 7 saturated heterocycles. The van der Waals surface area contributed by atoms with Crippen molar-refractivity contribution in [2.24, 2.45) is 0 Å². The van der Waals surface area contributed by atoms with Gasteiger partial charge in [0.2, 0.25) is 0 Å². The average molecular weight is 1010 g/mol. The van der Waals surface area contributed by atoms with Crippen LogP contribution in [0, 0.1) is 0 Å². The number of epoxide rings is 1. The van der Waals surface area contributed by atoms with Crippen molar-refractivity contribution in [3.05, 3.63) is 0 Å². The molecule has 7 aliphatic rings. The van der Waals surface area contributed by atoms with E-state index >= 15 is 0 Å². The van der Waals surface area contributed by atoms with Gasteiger partial charge in [-0.15, -0.1) is 0 Å². The number of thioether (sulfide) groups is 10. The van der Waals surface area contributed by atoms with Crippen LogP contribution in [0.1, 0.15) is 20.8 Å². The Labute approximate surface area is 326 Å². The first kappa shape index (κ1) is 38.4. The Morgan fingerprint density at radius 2 is 1.29 bits per heavy atom. The third kappa shape index (κ3) is 13.0. The van der Waals surface area contributed by atoms with Gasteiger partial charge in [0.15, 0.2) is 0 Å². The molecule has 42 heavy (non-hydrogen) atoms. The van der Waals surface area contributed by atoms with Crippen LogP contribution >= 0.6 is 142 Å². The molecule has 17 heteroatoms. The number of thiocarbonyl (C=S) groups is 2. The van der Waals surface area contributed by atoms with E-state index in [2.05, 4.69) is 67.8 Å². The maximum absolute atomic E-state index is 6.19. The monoisotopic (exact) mass is 1010 g/mol. The Balaban J connectivity index is 0.000000158. The molecule has 3 nitrogen and oxygen atoms in total. The molecule has 7 rings (SSSR count). The summed E-state index contributed by atoms with van der Waals surface area (Å²) in [4.78, 5) is 0. The summed E-state index contributed by atoms with van der Waals surface area (Å²) in [5, 5.41) is 2.58. The molecule has 9 atom stereocenters. The van der Waals surface area contributed by atoms with Crippen LogP contribution in [-0.2, 0) is 14.2 Å². The van der Waals surface area contributed by atoms with Crippen LogP contribution in [-0.4, -0.2) is 137 Å². The topological polar surface area (TPSA) is 31.0 Å². The summed E-state index contributed by atoms with van der Waals surface area (Å²) in [6.07, 6.45) is 1.47. The van der Waals surface area contributed by atoms with E-state index in [0.29, 0.717) is 18.3 Å². The van der Waals surface area contributed by atoms with E-state index < -0.39 is 0 Å². The van der Waals surface area contributed by atoms with Crippen molar-refractivity contribution in [2.45, 2.75) is 85.0 Å². The van der Waals surface area contributed by atoms with Gasteiger partial charge in [0, 0.05) is 0 Å². The molecular formula is C25H38O3S12Sn2. The van der Waals surface area contributed by atoms with Crippen molar-refractivity contribution in [3.8, 4) is 0 Å². The Bertz CT molecular complexity index is 858. The van der Waals surface area contributed by atoms with E-state index in [1.807, 2.05) is 70.6 Å². The molecule has 0 aromatic heterocycles. The van der Waals surface area contributed by atoms with E-state index in [-0.39, 0.29) is 50.1 Å². The summed E-state index contributed by atoms with van der Waals surface area (Å²) in [5.41, 5.74) is 0. The second kappa shape index (κ2) is 19.1. The van der Waals surface area contributed by atoms with Crippen LogP contribution in [0.2, 0.25) is 17.7 Å². The zero-order valence-corrected chi connectivity index (χ0v) is 39.4. The summed E-state index contributed by atoms with van der Waals surface area (Å²) in [5.74, 6) is 7.38. The Hall–Kier alpha value is 5.16. The predicted octanol–water partition coefficient (Wildman–Crippen LogP) is 8.95. The summed E-state index contributed by atoms with van der Waals surface area (Å²) >= 11 is 30.2. The van der Waals surface area contributed by atoms with Crippen LogP contribution in [0.15, 0.2) is 0 Å². The van der Waals surface area contributed by atoms with E-state index in [0.717, 1.165) is 26.9 Å². The minimum absolute atomic E-state index is 0.0644. The number of hydrogen-bond acceptors (Lipinski definition) is 15. The van der Waals surface area contributed by atoms with E-state index in [1.54, 1.807) is 0 Å². The molecule has 0 aromatic rings. The summed E-state index contributed by atoms with van der Waals surface area (Å²) in [7, 11) is 0. The van der Waals surface area contributed by atoms with Crippen LogP contribution < -0.4 is 0 Å². The standard InChI is InChI=1S/2C7H11OS3.2C4H5S3.C3H6O.2Sn/c1-5-3-10-7(8-5)4-9-6(2)11-7;1-5-3-9-7(8-5)10-4-6(2)11-7;2*1-3-2-6-4(5)7-3;1-3-2-4-3;;/h2*5-6H,2-4H2,1H3;2*3H,1-2H2;3H,2H2,1H3;;. The zero-order valence-electron chi connectivity index (χ0n) is 23.9. The van der Waals surface area contributed by atoms with Crippen molar-refractivity contribution in [1.82, 2.24) is 0 Å². The summed E-state index contributed by atoms with van der Waals surface area (Å²) in [6, 6.07) is 0. The van der Waals surface area contributed by atoms with Gasteiger partial charge in [-0.2, -0.15) is 0 Å². The SMILES string of the molecule is CC1CO1.CC1CSC2(CSC([CH2][Sn][CH2]C3CSC4(OC(C)CS4)S3)S2)O1.S=C1SCC([CH2][Sn][CH2]C2CSC(=S)S2)S1. The molecule has 0 aliphatic carbocycles. The fourth-order valence-electron chi connectivity index (χ4n) is 4.35. The van der Waals surface area contributed by atoms with Crippen LogP contribution in [0.25, 0.3) is 0 Å². The van der Waals surface area contributed by atoms with Gasteiger partial charge in [0.25, 0.3) is 0 Å². The maximum atomic E-state index is 6.19. The average Bonchev–Trinajstić information content (AvgIpc) is 3.56. The molecular weight excluding hydrogens is 970 g/mol. The van der Waals surface area contributed by atoms with E-state index in [1.165, 1.54) is 59.3 Å². The van der Waals surface area contributed by atoms with Gasteiger partial charge in [-0.25, -0.2) is 0 Å². The minimum atomic E-state index is -0.259. The summed E-state index contributed by atoms with van der Waals surface area (Å²) < 4.78 is 26.4. The van der Waals surface area contributed by atoms with Crippen LogP contribution in [0.4, 0.5) is 0 Å². The van der Waals surface area contributed by atoms with Crippen LogP contribution in [0.3, 0.4) is 0 Å². The van der Waals surface area contributed by atoms with Gasteiger partial charge < -0.3 is 4.74 Å². The van der Waals surface area contributed by atoms with Crippen LogP contribution in [0.5, 0.6) is 0 Å². The Morgan fingerprint density at radius 1 is 0.714 bits per heavy atom. The molecule has 7 heterocycles. The number of ether oxygens (including phenoxy) is 3. The molecule has 9 unspecified atom stereocenters. The predicted molar refractivity (Wildman–Crippen MR) is 218 cm³/mol. The first-order valence-corrected chi connectivity index (χ1v) is 32.5. The first-order chi connectivity index (χ1) is 20.2. The van der Waals surface area contributed by atoms with E-state index in [4.69, 9.17) is 38.6 Å². The molecule has 0 bridgehead atoms. The molecule has 0 N–H and O–H groups in total. The Morgan fingerprint density at radius 3 is 1.81 bits per heavy atom. The van der Waals surface area contributed by atoms with Gasteiger partial charge in [-0.05, 0) is 6.92 Å². The van der Waals surface area contributed by atoms with Gasteiger partial charge in [0.1, 0.15) is 0 Å². The Kier molecular flexibility index (Phi) is 17.5. The molecule has 7 fully saturated rings. The molecule has 0 saturated carbocycles. The van der Waals surface area contributed by atoms with Gasteiger partial charge in [-0.3, -0.25) is 0 Å².